The average molecular weight is 272 g/mol. The largest absolute Gasteiger partial charge is 0.298 e. The van der Waals surface area contributed by atoms with Gasteiger partial charge in [0.15, 0.2) is 0 Å². The molecule has 0 aliphatic heterocycles. The van der Waals surface area contributed by atoms with Gasteiger partial charge < -0.3 is 0 Å². The summed E-state index contributed by atoms with van der Waals surface area (Å²) in [4.78, 5) is 12.6. The topological polar surface area (TPSA) is 17.1 Å². The van der Waals surface area contributed by atoms with E-state index in [9.17, 15) is 4.79 Å². The Morgan fingerprint density at radius 3 is 2.55 bits per heavy atom. The first-order chi connectivity index (χ1) is 9.46. The van der Waals surface area contributed by atoms with Gasteiger partial charge in [0.2, 0.25) is 0 Å². The van der Waals surface area contributed by atoms with E-state index >= 15 is 0 Å². The van der Waals surface area contributed by atoms with Gasteiger partial charge in [-0.2, -0.15) is 0 Å². The van der Waals surface area contributed by atoms with Crippen molar-refractivity contribution in [3.05, 3.63) is 11.6 Å². The van der Waals surface area contributed by atoms with Gasteiger partial charge in [-0.3, -0.25) is 4.79 Å². The third kappa shape index (κ3) is 1.37. The standard InChI is InChI=1S/C19H28O/c1-13(2)7-9-19-12-15(17(19,3)16(19)20)14-6-4-5-8-18(14)10-11-18/h7,14-15H,4-6,8-12H2,1-3H3/t14?,15-,17?,19-/m1/s1. The molecule has 1 spiro atoms. The number of ketones is 1. The first-order valence-electron chi connectivity index (χ1n) is 8.65. The lowest BCUT2D eigenvalue weighted by atomic mass is 9.54. The van der Waals surface area contributed by atoms with E-state index in [0.717, 1.165) is 18.3 Å². The molecule has 0 saturated heterocycles. The zero-order chi connectivity index (χ0) is 14.2. The summed E-state index contributed by atoms with van der Waals surface area (Å²) in [6, 6.07) is 0. The molecule has 20 heavy (non-hydrogen) atoms. The Morgan fingerprint density at radius 1 is 1.20 bits per heavy atom. The molecule has 0 N–H and O–H groups in total. The molecule has 0 bridgehead atoms. The van der Waals surface area contributed by atoms with Gasteiger partial charge in [-0.15, -0.1) is 0 Å². The second-order valence-corrected chi connectivity index (χ2v) is 8.62. The minimum Gasteiger partial charge on any atom is -0.298 e. The molecular weight excluding hydrogens is 244 g/mol. The van der Waals surface area contributed by atoms with Crippen molar-refractivity contribution in [3.8, 4) is 0 Å². The van der Waals surface area contributed by atoms with E-state index in [-0.39, 0.29) is 10.8 Å². The van der Waals surface area contributed by atoms with Gasteiger partial charge in [-0.25, -0.2) is 0 Å². The molecule has 1 heteroatoms. The molecule has 1 nitrogen and oxygen atoms in total. The number of hydrogen-bond donors (Lipinski definition) is 0. The number of fused-ring (bicyclic) bond motifs is 1. The molecule has 110 valence electrons. The lowest BCUT2D eigenvalue weighted by Gasteiger charge is -2.48. The van der Waals surface area contributed by atoms with Crippen LogP contribution in [0, 0.1) is 28.1 Å². The Hall–Kier alpha value is -0.590. The van der Waals surface area contributed by atoms with E-state index in [1.807, 2.05) is 0 Å². The Kier molecular flexibility index (Phi) is 2.48. The van der Waals surface area contributed by atoms with Crippen LogP contribution in [0.2, 0.25) is 0 Å². The van der Waals surface area contributed by atoms with Crippen LogP contribution >= 0.6 is 0 Å². The molecular formula is C19H28O. The summed E-state index contributed by atoms with van der Waals surface area (Å²) >= 11 is 0. The molecule has 4 fully saturated rings. The number of allylic oxidation sites excluding steroid dienone is 2. The van der Waals surface area contributed by atoms with E-state index in [1.54, 1.807) is 0 Å². The number of hydrogen-bond acceptors (Lipinski definition) is 1. The zero-order valence-electron chi connectivity index (χ0n) is 13.3. The van der Waals surface area contributed by atoms with Gasteiger partial charge in [0.1, 0.15) is 5.78 Å². The van der Waals surface area contributed by atoms with Crippen LogP contribution < -0.4 is 0 Å². The van der Waals surface area contributed by atoms with Crippen LogP contribution in [0.1, 0.15) is 72.1 Å². The van der Waals surface area contributed by atoms with Crippen LogP contribution in [0.4, 0.5) is 0 Å². The van der Waals surface area contributed by atoms with Crippen LogP contribution in [0.5, 0.6) is 0 Å². The molecule has 4 atom stereocenters. The van der Waals surface area contributed by atoms with Crippen molar-refractivity contribution in [3.63, 3.8) is 0 Å². The summed E-state index contributed by atoms with van der Waals surface area (Å²) in [6.45, 7) is 6.60. The third-order valence-electron chi connectivity index (χ3n) is 7.61. The summed E-state index contributed by atoms with van der Waals surface area (Å²) in [5.74, 6) is 2.21. The van der Waals surface area contributed by atoms with Crippen molar-refractivity contribution in [2.75, 3.05) is 0 Å². The van der Waals surface area contributed by atoms with Crippen molar-refractivity contribution >= 4 is 5.78 Å². The summed E-state index contributed by atoms with van der Waals surface area (Å²) in [6.07, 6.45) is 13.2. The fourth-order valence-corrected chi connectivity index (χ4v) is 5.97. The highest BCUT2D eigenvalue weighted by molar-refractivity contribution is 6.11. The minimum atomic E-state index is 0.0660. The molecule has 4 rings (SSSR count). The average Bonchev–Trinajstić information content (AvgIpc) is 3.25. The quantitative estimate of drug-likeness (QED) is 0.667. The maximum atomic E-state index is 12.6. The predicted molar refractivity (Wildman–Crippen MR) is 81.3 cm³/mol. The Bertz CT molecular complexity index is 494. The fraction of sp³-hybridized carbons (Fsp3) is 0.842. The summed E-state index contributed by atoms with van der Waals surface area (Å²) in [7, 11) is 0. The highest BCUT2D eigenvalue weighted by atomic mass is 16.1. The monoisotopic (exact) mass is 272 g/mol. The first kappa shape index (κ1) is 13.1. The molecule has 4 aliphatic carbocycles. The van der Waals surface area contributed by atoms with E-state index < -0.39 is 0 Å². The maximum absolute atomic E-state index is 12.6. The third-order valence-corrected chi connectivity index (χ3v) is 7.61. The number of Topliss-reactive ketones (excluding diaryl/α,β-unsaturated/α-hetero) is 1. The van der Waals surface area contributed by atoms with E-state index in [0.29, 0.717) is 11.2 Å². The Balaban J connectivity index is 1.54. The van der Waals surface area contributed by atoms with Crippen LogP contribution in [0.25, 0.3) is 0 Å². The summed E-state index contributed by atoms with van der Waals surface area (Å²) in [5, 5.41) is 0. The smallest absolute Gasteiger partial charge is 0.147 e. The highest BCUT2D eigenvalue weighted by Gasteiger charge is 2.85. The van der Waals surface area contributed by atoms with Crippen molar-refractivity contribution in [1.29, 1.82) is 0 Å². The Labute approximate surface area is 123 Å². The van der Waals surface area contributed by atoms with Crippen molar-refractivity contribution in [2.45, 2.75) is 72.1 Å². The van der Waals surface area contributed by atoms with Crippen molar-refractivity contribution in [2.24, 2.45) is 28.1 Å². The molecule has 0 aromatic carbocycles. The number of carbonyl (C=O) groups excluding carboxylic acids is 1. The van der Waals surface area contributed by atoms with Gasteiger partial charge in [-0.1, -0.05) is 31.4 Å². The second-order valence-electron chi connectivity index (χ2n) is 8.62. The van der Waals surface area contributed by atoms with Crippen LogP contribution in [-0.2, 0) is 4.79 Å². The van der Waals surface area contributed by atoms with Crippen LogP contribution in [-0.4, -0.2) is 5.78 Å². The first-order valence-corrected chi connectivity index (χ1v) is 8.65. The lowest BCUT2D eigenvalue weighted by molar-refractivity contribution is -0.113. The second kappa shape index (κ2) is 3.78. The SMILES string of the molecule is CC(C)=CC[C@]12C[C@H](C3CCCCC34CC4)C1(C)C2=O. The van der Waals surface area contributed by atoms with Gasteiger partial charge in [0.25, 0.3) is 0 Å². The predicted octanol–water partition coefficient (Wildman–Crippen LogP) is 4.91. The number of rotatable bonds is 3. The molecule has 0 radical (unpaired) electrons. The highest BCUT2D eigenvalue weighted by Crippen LogP contribution is 2.83. The van der Waals surface area contributed by atoms with Gasteiger partial charge >= 0.3 is 0 Å². The van der Waals surface area contributed by atoms with Gasteiger partial charge in [0.05, 0.1) is 0 Å². The summed E-state index contributed by atoms with van der Waals surface area (Å²) in [5.41, 5.74) is 2.19. The molecule has 4 saturated carbocycles. The van der Waals surface area contributed by atoms with Gasteiger partial charge in [0, 0.05) is 10.8 Å². The van der Waals surface area contributed by atoms with E-state index in [1.165, 1.54) is 50.5 Å². The van der Waals surface area contributed by atoms with Crippen LogP contribution in [0.3, 0.4) is 0 Å². The molecule has 0 heterocycles. The molecule has 0 amide bonds. The molecule has 0 aromatic rings. The van der Waals surface area contributed by atoms with Gasteiger partial charge in [-0.05, 0) is 69.6 Å². The van der Waals surface area contributed by atoms with Crippen molar-refractivity contribution < 1.29 is 4.79 Å². The van der Waals surface area contributed by atoms with E-state index in [4.69, 9.17) is 0 Å². The minimum absolute atomic E-state index is 0.0660. The molecule has 0 aromatic heterocycles. The lowest BCUT2D eigenvalue weighted by Crippen LogP contribution is -2.43. The fourth-order valence-electron chi connectivity index (χ4n) is 5.97. The molecule has 4 aliphatic rings. The van der Waals surface area contributed by atoms with E-state index in [2.05, 4.69) is 26.8 Å². The summed E-state index contributed by atoms with van der Waals surface area (Å²) < 4.78 is 0. The Morgan fingerprint density at radius 2 is 1.95 bits per heavy atom. The zero-order valence-corrected chi connectivity index (χ0v) is 13.3. The van der Waals surface area contributed by atoms with Crippen molar-refractivity contribution in [1.82, 2.24) is 0 Å². The van der Waals surface area contributed by atoms with Crippen LogP contribution in [0.15, 0.2) is 11.6 Å². The maximum Gasteiger partial charge on any atom is 0.147 e. The number of carbonyl (C=O) groups is 1. The normalized spacial score (nSPS) is 47.5. The molecule has 2 unspecified atom stereocenters.